The molecule has 6 heteroatoms. The molecular weight excluding hydrogens is 313 g/mol. The van der Waals surface area contributed by atoms with Gasteiger partial charge in [-0.25, -0.2) is 0 Å². The van der Waals surface area contributed by atoms with Crippen molar-refractivity contribution < 1.29 is 22.1 Å². The third-order valence-electron chi connectivity index (χ3n) is 3.04. The third-order valence-corrected chi connectivity index (χ3v) is 4.35. The van der Waals surface area contributed by atoms with Crippen molar-refractivity contribution in [2.24, 2.45) is 0 Å². The highest BCUT2D eigenvalue weighted by molar-refractivity contribution is 7.83. The normalized spacial score (nSPS) is 12.9. The lowest BCUT2D eigenvalue weighted by atomic mass is 10.1. The molecule has 118 valence electrons. The highest BCUT2D eigenvalue weighted by Crippen LogP contribution is 2.29. The summed E-state index contributed by atoms with van der Waals surface area (Å²) >= 11 is 0. The van der Waals surface area contributed by atoms with Crippen molar-refractivity contribution in [3.05, 3.63) is 65.2 Å². The van der Waals surface area contributed by atoms with Crippen molar-refractivity contribution in [2.45, 2.75) is 17.7 Å². The van der Waals surface area contributed by atoms with Gasteiger partial charge < -0.3 is 4.74 Å². The highest BCUT2D eigenvalue weighted by Gasteiger charge is 2.30. The maximum absolute atomic E-state index is 12.6. The van der Waals surface area contributed by atoms with E-state index in [9.17, 15) is 17.4 Å². The average Bonchev–Trinajstić information content (AvgIpc) is 2.46. The number of halogens is 3. The van der Waals surface area contributed by atoms with Crippen molar-refractivity contribution in [3.63, 3.8) is 0 Å². The van der Waals surface area contributed by atoms with E-state index in [-0.39, 0.29) is 11.5 Å². The van der Waals surface area contributed by atoms with Crippen molar-refractivity contribution in [3.8, 4) is 5.75 Å². The van der Waals surface area contributed by atoms with E-state index in [1.807, 2.05) is 6.07 Å². The van der Waals surface area contributed by atoms with E-state index in [1.54, 1.807) is 31.4 Å². The van der Waals surface area contributed by atoms with Gasteiger partial charge >= 0.3 is 6.18 Å². The molecule has 2 rings (SSSR count). The average molecular weight is 328 g/mol. The minimum Gasteiger partial charge on any atom is -0.497 e. The van der Waals surface area contributed by atoms with Gasteiger partial charge in [0, 0.05) is 22.3 Å². The van der Waals surface area contributed by atoms with Gasteiger partial charge in [-0.15, -0.1) is 0 Å². The molecule has 0 aromatic heterocycles. The Labute approximate surface area is 129 Å². The maximum atomic E-state index is 12.6. The van der Waals surface area contributed by atoms with Crippen molar-refractivity contribution >= 4 is 10.8 Å². The van der Waals surface area contributed by atoms with Gasteiger partial charge in [-0.3, -0.25) is 4.21 Å². The Morgan fingerprint density at radius 1 is 1.00 bits per heavy atom. The molecule has 0 heterocycles. The van der Waals surface area contributed by atoms with Gasteiger partial charge in [0.15, 0.2) is 0 Å². The summed E-state index contributed by atoms with van der Waals surface area (Å²) in [5.74, 6) is 1.02. The molecule has 2 aromatic rings. The molecule has 22 heavy (non-hydrogen) atoms. The minimum atomic E-state index is -4.38. The Bertz CT molecular complexity index is 668. The maximum Gasteiger partial charge on any atom is 0.416 e. The molecule has 0 aliphatic rings. The van der Waals surface area contributed by atoms with Gasteiger partial charge in [0.05, 0.1) is 12.7 Å². The second kappa shape index (κ2) is 6.96. The number of benzene rings is 2. The Hall–Kier alpha value is -1.82. The predicted octanol–water partition coefficient (Wildman–Crippen LogP) is 4.16. The summed E-state index contributed by atoms with van der Waals surface area (Å²) in [6.07, 6.45) is -4.38. The van der Waals surface area contributed by atoms with Gasteiger partial charge in [0.25, 0.3) is 0 Å². The zero-order chi connectivity index (χ0) is 16.2. The lowest BCUT2D eigenvalue weighted by molar-refractivity contribution is -0.137. The SMILES string of the molecule is COc1cccc(C[S@@](=O)Cc2cccc(C(F)(F)F)c2)c1. The molecule has 1 atom stereocenters. The Kier molecular flexibility index (Phi) is 5.24. The number of methoxy groups -OCH3 is 1. The van der Waals surface area contributed by atoms with E-state index < -0.39 is 22.5 Å². The van der Waals surface area contributed by atoms with Crippen LogP contribution in [0.2, 0.25) is 0 Å². The summed E-state index contributed by atoms with van der Waals surface area (Å²) in [4.78, 5) is 0. The topological polar surface area (TPSA) is 26.3 Å². The van der Waals surface area contributed by atoms with Gasteiger partial charge in [-0.05, 0) is 29.3 Å². The van der Waals surface area contributed by atoms with Crippen LogP contribution in [0, 0.1) is 0 Å². The second-order valence-electron chi connectivity index (χ2n) is 4.78. The van der Waals surface area contributed by atoms with Gasteiger partial charge in [0.2, 0.25) is 0 Å². The predicted molar refractivity (Wildman–Crippen MR) is 80.0 cm³/mol. The molecule has 2 nitrogen and oxygen atoms in total. The molecule has 0 spiro atoms. The van der Waals surface area contributed by atoms with E-state index >= 15 is 0 Å². The first-order valence-electron chi connectivity index (χ1n) is 6.52. The van der Waals surface area contributed by atoms with Crippen LogP contribution in [0.15, 0.2) is 48.5 Å². The van der Waals surface area contributed by atoms with Crippen molar-refractivity contribution in [1.29, 1.82) is 0 Å². The van der Waals surface area contributed by atoms with Crippen LogP contribution in [-0.2, 0) is 28.5 Å². The van der Waals surface area contributed by atoms with Crippen LogP contribution in [0.3, 0.4) is 0 Å². The smallest absolute Gasteiger partial charge is 0.416 e. The molecule has 0 saturated heterocycles. The van der Waals surface area contributed by atoms with Crippen LogP contribution in [0.4, 0.5) is 13.2 Å². The fraction of sp³-hybridized carbons (Fsp3) is 0.250. The zero-order valence-corrected chi connectivity index (χ0v) is 12.7. The molecule has 0 radical (unpaired) electrons. The molecule has 0 amide bonds. The van der Waals surface area contributed by atoms with Crippen LogP contribution in [-0.4, -0.2) is 11.3 Å². The fourth-order valence-electron chi connectivity index (χ4n) is 2.02. The van der Waals surface area contributed by atoms with Gasteiger partial charge in [-0.1, -0.05) is 30.3 Å². The number of ether oxygens (including phenoxy) is 1. The molecule has 0 bridgehead atoms. The Balaban J connectivity index is 2.06. The highest BCUT2D eigenvalue weighted by atomic mass is 32.2. The molecule has 0 aliphatic carbocycles. The Morgan fingerprint density at radius 3 is 2.18 bits per heavy atom. The monoisotopic (exact) mass is 328 g/mol. The molecule has 0 unspecified atom stereocenters. The van der Waals surface area contributed by atoms with E-state index in [0.717, 1.165) is 17.7 Å². The van der Waals surface area contributed by atoms with Crippen LogP contribution in [0.25, 0.3) is 0 Å². The summed E-state index contributed by atoms with van der Waals surface area (Å²) in [6, 6.07) is 12.1. The van der Waals surface area contributed by atoms with Crippen LogP contribution >= 0.6 is 0 Å². The number of rotatable bonds is 5. The van der Waals surface area contributed by atoms with Crippen LogP contribution in [0.1, 0.15) is 16.7 Å². The zero-order valence-electron chi connectivity index (χ0n) is 11.9. The summed E-state index contributed by atoms with van der Waals surface area (Å²) < 4.78 is 55.2. The first kappa shape index (κ1) is 16.5. The van der Waals surface area contributed by atoms with E-state index in [1.165, 1.54) is 6.07 Å². The molecule has 0 N–H and O–H groups in total. The summed E-state index contributed by atoms with van der Waals surface area (Å²) in [5.41, 5.74) is 0.518. The largest absolute Gasteiger partial charge is 0.497 e. The lowest BCUT2D eigenvalue weighted by Crippen LogP contribution is -2.06. The van der Waals surface area contributed by atoms with E-state index in [4.69, 9.17) is 4.74 Å². The van der Waals surface area contributed by atoms with Gasteiger partial charge in [0.1, 0.15) is 5.75 Å². The molecular formula is C16H15F3O2S. The lowest BCUT2D eigenvalue weighted by Gasteiger charge is -2.09. The minimum absolute atomic E-state index is 0.0845. The quantitative estimate of drug-likeness (QED) is 0.824. The first-order valence-corrected chi connectivity index (χ1v) is 8.01. The summed E-state index contributed by atoms with van der Waals surface area (Å²) in [5, 5.41) is 0. The third kappa shape index (κ3) is 4.59. The summed E-state index contributed by atoms with van der Waals surface area (Å²) in [7, 11) is 0.250. The fourth-order valence-corrected chi connectivity index (χ4v) is 3.23. The van der Waals surface area contributed by atoms with E-state index in [2.05, 4.69) is 0 Å². The molecule has 2 aromatic carbocycles. The molecule has 0 fully saturated rings. The number of alkyl halides is 3. The summed E-state index contributed by atoms with van der Waals surface area (Å²) in [6.45, 7) is 0. The van der Waals surface area contributed by atoms with E-state index in [0.29, 0.717) is 11.3 Å². The Morgan fingerprint density at radius 2 is 1.59 bits per heavy atom. The van der Waals surface area contributed by atoms with Crippen LogP contribution in [0.5, 0.6) is 5.75 Å². The first-order chi connectivity index (χ1) is 10.4. The number of hydrogen-bond acceptors (Lipinski definition) is 2. The van der Waals surface area contributed by atoms with Crippen molar-refractivity contribution in [1.82, 2.24) is 0 Å². The van der Waals surface area contributed by atoms with Crippen molar-refractivity contribution in [2.75, 3.05) is 7.11 Å². The van der Waals surface area contributed by atoms with Gasteiger partial charge in [-0.2, -0.15) is 13.2 Å². The second-order valence-corrected chi connectivity index (χ2v) is 6.24. The standard InChI is InChI=1S/C16H15F3O2S/c1-21-15-7-3-5-13(9-15)11-22(20)10-12-4-2-6-14(8-12)16(17,18)19/h2-9H,10-11H2,1H3/t22-/m0/s1. The number of hydrogen-bond donors (Lipinski definition) is 0. The molecule has 0 saturated carbocycles. The molecule has 0 aliphatic heterocycles. The van der Waals surface area contributed by atoms with Crippen LogP contribution < -0.4 is 4.74 Å².